The third-order valence-electron chi connectivity index (χ3n) is 2.79. The molecule has 0 unspecified atom stereocenters. The molecule has 9 heteroatoms. The number of nitrogens with one attached hydrogen (secondary N) is 1. The number of nitrogens with zero attached hydrogens (tertiary/aromatic N) is 4. The lowest BCUT2D eigenvalue weighted by Gasteiger charge is -2.35. The van der Waals surface area contributed by atoms with Crippen LogP contribution in [0.3, 0.4) is 0 Å². The maximum atomic E-state index is 11.0. The number of rotatable bonds is 3. The van der Waals surface area contributed by atoms with Gasteiger partial charge in [-0.15, -0.1) is 0 Å². The summed E-state index contributed by atoms with van der Waals surface area (Å²) in [6, 6.07) is 0. The van der Waals surface area contributed by atoms with E-state index < -0.39 is 4.92 Å². The highest BCUT2D eigenvalue weighted by atomic mass is 16.6. The van der Waals surface area contributed by atoms with Crippen molar-refractivity contribution in [1.82, 2.24) is 9.97 Å². The highest BCUT2D eigenvalue weighted by molar-refractivity contribution is 5.59. The SMILES string of the molecule is C[C@@H]1CN(c2nc(NN)ncc2[N+](=O)[O-])C[C@H](C)O1. The molecule has 0 aromatic carbocycles. The maximum Gasteiger partial charge on any atom is 0.329 e. The second kappa shape index (κ2) is 5.33. The molecule has 1 fully saturated rings. The molecule has 0 aliphatic carbocycles. The van der Waals surface area contributed by atoms with Gasteiger partial charge in [0.2, 0.25) is 11.8 Å². The van der Waals surface area contributed by atoms with E-state index in [-0.39, 0.29) is 29.7 Å². The number of anilines is 2. The molecule has 1 aliphatic rings. The standard InChI is InChI=1S/C10H16N6O3/c1-6-4-15(5-7(2)19-6)9-8(16(17)18)3-12-10(13-9)14-11/h3,6-7H,4-5,11H2,1-2H3,(H,12,13,14)/t6-,7+. The largest absolute Gasteiger partial charge is 0.372 e. The molecule has 2 heterocycles. The van der Waals surface area contributed by atoms with Crippen LogP contribution in [0.15, 0.2) is 6.20 Å². The minimum atomic E-state index is -0.500. The Labute approximate surface area is 109 Å². The Morgan fingerprint density at radius 2 is 2.16 bits per heavy atom. The van der Waals surface area contributed by atoms with Gasteiger partial charge in [0.05, 0.1) is 17.1 Å². The number of aromatic nitrogens is 2. The number of nitrogen functional groups attached to an aromatic ring is 1. The molecular weight excluding hydrogens is 252 g/mol. The van der Waals surface area contributed by atoms with Crippen molar-refractivity contribution in [3.8, 4) is 0 Å². The normalized spacial score (nSPS) is 23.2. The first-order valence-electron chi connectivity index (χ1n) is 5.89. The van der Waals surface area contributed by atoms with Crippen molar-refractivity contribution >= 4 is 17.5 Å². The molecule has 0 radical (unpaired) electrons. The van der Waals surface area contributed by atoms with E-state index in [2.05, 4.69) is 15.4 Å². The van der Waals surface area contributed by atoms with Gasteiger partial charge in [-0.3, -0.25) is 15.5 Å². The summed E-state index contributed by atoms with van der Waals surface area (Å²) in [4.78, 5) is 20.2. The predicted molar refractivity (Wildman–Crippen MR) is 68.7 cm³/mol. The molecule has 19 heavy (non-hydrogen) atoms. The van der Waals surface area contributed by atoms with Crippen LogP contribution >= 0.6 is 0 Å². The van der Waals surface area contributed by atoms with Crippen LogP contribution in [0.2, 0.25) is 0 Å². The summed E-state index contributed by atoms with van der Waals surface area (Å²) in [7, 11) is 0. The van der Waals surface area contributed by atoms with Crippen LogP contribution in [0.1, 0.15) is 13.8 Å². The monoisotopic (exact) mass is 268 g/mol. The van der Waals surface area contributed by atoms with Crippen molar-refractivity contribution in [2.24, 2.45) is 5.84 Å². The van der Waals surface area contributed by atoms with E-state index in [1.807, 2.05) is 18.7 Å². The van der Waals surface area contributed by atoms with Crippen LogP contribution in [-0.2, 0) is 4.74 Å². The molecule has 2 rings (SSSR count). The van der Waals surface area contributed by atoms with E-state index in [0.29, 0.717) is 13.1 Å². The number of nitro groups is 1. The Morgan fingerprint density at radius 1 is 1.53 bits per heavy atom. The van der Waals surface area contributed by atoms with Crippen LogP contribution in [0.5, 0.6) is 0 Å². The molecule has 2 atom stereocenters. The summed E-state index contributed by atoms with van der Waals surface area (Å²) in [5.41, 5.74) is 2.15. The number of nitrogens with two attached hydrogens (primary N) is 1. The summed E-state index contributed by atoms with van der Waals surface area (Å²) in [6.07, 6.45) is 1.11. The lowest BCUT2D eigenvalue weighted by Crippen LogP contribution is -2.46. The number of hydrogen-bond acceptors (Lipinski definition) is 8. The van der Waals surface area contributed by atoms with Gasteiger partial charge in [-0.25, -0.2) is 10.8 Å². The summed E-state index contributed by atoms with van der Waals surface area (Å²) < 4.78 is 5.60. The quantitative estimate of drug-likeness (QED) is 0.456. The minimum Gasteiger partial charge on any atom is -0.372 e. The van der Waals surface area contributed by atoms with Gasteiger partial charge in [0.15, 0.2) is 0 Å². The van der Waals surface area contributed by atoms with Gasteiger partial charge in [0.1, 0.15) is 6.20 Å². The Morgan fingerprint density at radius 3 is 2.68 bits per heavy atom. The molecule has 0 bridgehead atoms. The van der Waals surface area contributed by atoms with Crippen molar-refractivity contribution in [2.45, 2.75) is 26.1 Å². The number of morpholine rings is 1. The van der Waals surface area contributed by atoms with Gasteiger partial charge in [0.25, 0.3) is 0 Å². The second-order valence-corrected chi connectivity index (χ2v) is 4.47. The van der Waals surface area contributed by atoms with Crippen molar-refractivity contribution in [3.05, 3.63) is 16.3 Å². The van der Waals surface area contributed by atoms with E-state index in [4.69, 9.17) is 10.6 Å². The summed E-state index contributed by atoms with van der Waals surface area (Å²) in [6.45, 7) is 4.90. The van der Waals surface area contributed by atoms with Gasteiger partial charge in [-0.2, -0.15) is 4.98 Å². The molecule has 1 aromatic rings. The van der Waals surface area contributed by atoms with Crippen molar-refractivity contribution in [2.75, 3.05) is 23.4 Å². The average molecular weight is 268 g/mol. The van der Waals surface area contributed by atoms with Crippen LogP contribution in [0.4, 0.5) is 17.5 Å². The molecule has 0 spiro atoms. The zero-order valence-electron chi connectivity index (χ0n) is 10.7. The molecular formula is C10H16N6O3. The number of ether oxygens (including phenoxy) is 1. The third kappa shape index (κ3) is 2.88. The van der Waals surface area contributed by atoms with Gasteiger partial charge in [0, 0.05) is 13.1 Å². The first-order valence-corrected chi connectivity index (χ1v) is 5.89. The van der Waals surface area contributed by atoms with Crippen molar-refractivity contribution < 1.29 is 9.66 Å². The van der Waals surface area contributed by atoms with E-state index in [1.165, 1.54) is 0 Å². The van der Waals surface area contributed by atoms with E-state index in [1.54, 1.807) is 0 Å². The lowest BCUT2D eigenvalue weighted by molar-refractivity contribution is -0.384. The molecule has 3 N–H and O–H groups in total. The Balaban J connectivity index is 2.38. The molecule has 1 saturated heterocycles. The topological polar surface area (TPSA) is 119 Å². The summed E-state index contributed by atoms with van der Waals surface area (Å²) >= 11 is 0. The van der Waals surface area contributed by atoms with E-state index >= 15 is 0 Å². The lowest BCUT2D eigenvalue weighted by atomic mass is 10.2. The molecule has 0 saturated carbocycles. The van der Waals surface area contributed by atoms with Gasteiger partial charge >= 0.3 is 5.69 Å². The van der Waals surface area contributed by atoms with E-state index in [9.17, 15) is 10.1 Å². The van der Waals surface area contributed by atoms with Crippen LogP contribution in [0.25, 0.3) is 0 Å². The zero-order valence-corrected chi connectivity index (χ0v) is 10.7. The highest BCUT2D eigenvalue weighted by Gasteiger charge is 2.29. The molecule has 0 amide bonds. The van der Waals surface area contributed by atoms with Crippen LogP contribution in [-0.4, -0.2) is 40.2 Å². The van der Waals surface area contributed by atoms with Crippen LogP contribution in [0, 0.1) is 10.1 Å². The maximum absolute atomic E-state index is 11.0. The fraction of sp³-hybridized carbons (Fsp3) is 0.600. The Hall–Kier alpha value is -2.00. The number of hydrogen-bond donors (Lipinski definition) is 2. The van der Waals surface area contributed by atoms with Gasteiger partial charge in [-0.05, 0) is 13.8 Å². The van der Waals surface area contributed by atoms with Crippen LogP contribution < -0.4 is 16.2 Å². The van der Waals surface area contributed by atoms with Crippen molar-refractivity contribution in [1.29, 1.82) is 0 Å². The molecule has 1 aliphatic heterocycles. The molecule has 1 aromatic heterocycles. The fourth-order valence-corrected chi connectivity index (χ4v) is 2.15. The van der Waals surface area contributed by atoms with Crippen molar-refractivity contribution in [3.63, 3.8) is 0 Å². The zero-order chi connectivity index (χ0) is 14.0. The highest BCUT2D eigenvalue weighted by Crippen LogP contribution is 2.28. The molecule has 9 nitrogen and oxygen atoms in total. The minimum absolute atomic E-state index is 0.0207. The van der Waals surface area contributed by atoms with Gasteiger partial charge in [-0.1, -0.05) is 0 Å². The fourth-order valence-electron chi connectivity index (χ4n) is 2.15. The summed E-state index contributed by atoms with van der Waals surface area (Å²) in [5, 5.41) is 11.0. The average Bonchev–Trinajstić information content (AvgIpc) is 2.36. The van der Waals surface area contributed by atoms with E-state index in [0.717, 1.165) is 6.20 Å². The Kier molecular flexibility index (Phi) is 3.76. The first-order chi connectivity index (χ1) is 9.01. The third-order valence-corrected chi connectivity index (χ3v) is 2.79. The first kappa shape index (κ1) is 13.4. The van der Waals surface area contributed by atoms with Gasteiger partial charge < -0.3 is 9.64 Å². The second-order valence-electron chi connectivity index (χ2n) is 4.47. The summed E-state index contributed by atoms with van der Waals surface area (Å²) in [5.74, 6) is 5.65. The molecule has 104 valence electrons. The Bertz CT molecular complexity index is 472. The predicted octanol–water partition coefficient (Wildman–Crippen LogP) is 0.284. The smallest absolute Gasteiger partial charge is 0.329 e. The number of hydrazine groups is 1.